The van der Waals surface area contributed by atoms with Crippen molar-refractivity contribution in [3.63, 3.8) is 0 Å². The van der Waals surface area contributed by atoms with Crippen molar-refractivity contribution < 1.29 is 5.11 Å². The second-order valence-electron chi connectivity index (χ2n) is 7.85. The van der Waals surface area contributed by atoms with Crippen molar-refractivity contribution >= 4 is 51.1 Å². The Morgan fingerprint density at radius 3 is 2.90 bits per heavy atom. The highest BCUT2D eigenvalue weighted by atomic mass is 32.1. The van der Waals surface area contributed by atoms with Crippen molar-refractivity contribution in [3.05, 3.63) is 42.5 Å². The summed E-state index contributed by atoms with van der Waals surface area (Å²) in [6.07, 6.45) is 2.79. The Morgan fingerprint density at radius 2 is 1.97 bits per heavy atom. The molecule has 1 unspecified atom stereocenters. The molecule has 0 amide bonds. The Balaban J connectivity index is 1.32. The molecule has 2 aromatic heterocycles. The molecule has 8 nitrogen and oxygen atoms in total. The molecule has 0 aliphatic carbocycles. The lowest BCUT2D eigenvalue weighted by molar-refractivity contribution is 0.0706. The third-order valence-corrected chi connectivity index (χ3v) is 6.10. The molecule has 1 atom stereocenters. The lowest BCUT2D eigenvalue weighted by Crippen LogP contribution is -2.39. The monoisotopic (exact) mass is 435 g/mol. The summed E-state index contributed by atoms with van der Waals surface area (Å²) in [6, 6.07) is 13.9. The standard InChI is InChI=1S/C22H25N7OS/c30-15-6-4-12-29(14-15)13-5-11-23-21-16-7-1-2-8-17(16)24-22(26-21)25-18-9-3-10-19-20(18)28-31-27-19/h1-3,7-10,15,30H,4-6,11-14H2,(H2,23,24,25,26). The Kier molecular flexibility index (Phi) is 5.88. The van der Waals surface area contributed by atoms with E-state index in [1.165, 1.54) is 11.7 Å². The van der Waals surface area contributed by atoms with Crippen LogP contribution in [0.5, 0.6) is 0 Å². The van der Waals surface area contributed by atoms with Crippen molar-refractivity contribution in [1.82, 2.24) is 23.6 Å². The number of fused-ring (bicyclic) bond motifs is 2. The van der Waals surface area contributed by atoms with Gasteiger partial charge in [0.05, 0.1) is 29.0 Å². The number of benzene rings is 2. The molecule has 4 aromatic rings. The summed E-state index contributed by atoms with van der Waals surface area (Å²) >= 11 is 1.20. The van der Waals surface area contributed by atoms with Crippen LogP contribution in [0.2, 0.25) is 0 Å². The van der Waals surface area contributed by atoms with Crippen molar-refractivity contribution in [2.75, 3.05) is 36.8 Å². The van der Waals surface area contributed by atoms with E-state index in [9.17, 15) is 5.11 Å². The van der Waals surface area contributed by atoms with Gasteiger partial charge in [-0.2, -0.15) is 13.7 Å². The second-order valence-corrected chi connectivity index (χ2v) is 8.38. The summed E-state index contributed by atoms with van der Waals surface area (Å²) in [5.74, 6) is 1.34. The maximum absolute atomic E-state index is 9.85. The summed E-state index contributed by atoms with van der Waals surface area (Å²) in [6.45, 7) is 3.62. The molecule has 1 aliphatic heterocycles. The van der Waals surface area contributed by atoms with Gasteiger partial charge in [0, 0.05) is 18.5 Å². The van der Waals surface area contributed by atoms with E-state index >= 15 is 0 Å². The van der Waals surface area contributed by atoms with Crippen LogP contribution in [0.15, 0.2) is 42.5 Å². The highest BCUT2D eigenvalue weighted by Gasteiger charge is 2.17. The van der Waals surface area contributed by atoms with Gasteiger partial charge in [0.15, 0.2) is 0 Å². The van der Waals surface area contributed by atoms with Crippen molar-refractivity contribution in [2.45, 2.75) is 25.4 Å². The average Bonchev–Trinajstić information content (AvgIpc) is 3.27. The number of aliphatic hydroxyl groups excluding tert-OH is 1. The smallest absolute Gasteiger partial charge is 0.229 e. The largest absolute Gasteiger partial charge is 0.392 e. The van der Waals surface area contributed by atoms with Crippen LogP contribution in [-0.2, 0) is 0 Å². The molecule has 3 heterocycles. The Morgan fingerprint density at radius 1 is 1.06 bits per heavy atom. The van der Waals surface area contributed by atoms with Gasteiger partial charge in [-0.3, -0.25) is 0 Å². The van der Waals surface area contributed by atoms with E-state index in [1.807, 2.05) is 42.5 Å². The highest BCUT2D eigenvalue weighted by Crippen LogP contribution is 2.27. The van der Waals surface area contributed by atoms with Gasteiger partial charge >= 0.3 is 0 Å². The first kappa shape index (κ1) is 20.0. The SMILES string of the molecule is OC1CCCN(CCCNc2nc(Nc3cccc4nsnc34)nc3ccccc23)C1. The molecule has 3 N–H and O–H groups in total. The van der Waals surface area contributed by atoms with E-state index in [4.69, 9.17) is 4.98 Å². The first-order chi connectivity index (χ1) is 15.3. The van der Waals surface area contributed by atoms with Crippen molar-refractivity contribution in [1.29, 1.82) is 0 Å². The third-order valence-electron chi connectivity index (χ3n) is 5.56. The van der Waals surface area contributed by atoms with Crippen LogP contribution in [-0.4, -0.2) is 61.0 Å². The molecule has 0 spiro atoms. The van der Waals surface area contributed by atoms with E-state index in [-0.39, 0.29) is 6.10 Å². The number of likely N-dealkylation sites (tertiary alicyclic amines) is 1. The molecular formula is C22H25N7OS. The topological polar surface area (TPSA) is 99.1 Å². The number of aliphatic hydroxyl groups is 1. The zero-order chi connectivity index (χ0) is 21.0. The van der Waals surface area contributed by atoms with Crippen LogP contribution in [0.25, 0.3) is 21.9 Å². The summed E-state index contributed by atoms with van der Waals surface area (Å²) in [5.41, 5.74) is 3.40. The summed E-state index contributed by atoms with van der Waals surface area (Å²) in [4.78, 5) is 11.8. The van der Waals surface area contributed by atoms with E-state index in [1.54, 1.807) is 0 Å². The summed E-state index contributed by atoms with van der Waals surface area (Å²) in [7, 11) is 0. The van der Waals surface area contributed by atoms with Crippen LogP contribution in [0.3, 0.4) is 0 Å². The van der Waals surface area contributed by atoms with Gasteiger partial charge < -0.3 is 20.6 Å². The molecule has 31 heavy (non-hydrogen) atoms. The number of aromatic nitrogens is 4. The quantitative estimate of drug-likeness (QED) is 0.379. The number of rotatable bonds is 7. The lowest BCUT2D eigenvalue weighted by Gasteiger charge is -2.29. The van der Waals surface area contributed by atoms with Gasteiger partial charge in [-0.05, 0) is 56.6 Å². The van der Waals surface area contributed by atoms with E-state index in [0.29, 0.717) is 5.95 Å². The van der Waals surface area contributed by atoms with E-state index < -0.39 is 0 Å². The minimum absolute atomic E-state index is 0.182. The van der Waals surface area contributed by atoms with Crippen LogP contribution < -0.4 is 10.6 Å². The number of para-hydroxylation sites is 1. The van der Waals surface area contributed by atoms with Gasteiger partial charge in [-0.15, -0.1) is 0 Å². The maximum atomic E-state index is 9.85. The Labute approximate surface area is 184 Å². The summed E-state index contributed by atoms with van der Waals surface area (Å²) in [5, 5.41) is 17.7. The number of hydrogen-bond acceptors (Lipinski definition) is 9. The molecule has 1 fully saturated rings. The Bertz CT molecular complexity index is 1180. The molecule has 0 saturated carbocycles. The Hall–Kier alpha value is -2.88. The van der Waals surface area contributed by atoms with E-state index in [0.717, 1.165) is 78.9 Å². The first-order valence-corrected chi connectivity index (χ1v) is 11.4. The fourth-order valence-corrected chi connectivity index (χ4v) is 4.59. The van der Waals surface area contributed by atoms with Crippen LogP contribution >= 0.6 is 11.7 Å². The van der Waals surface area contributed by atoms with Gasteiger partial charge in [0.25, 0.3) is 0 Å². The fourth-order valence-electron chi connectivity index (χ4n) is 4.04. The average molecular weight is 436 g/mol. The molecule has 9 heteroatoms. The predicted octanol–water partition coefficient (Wildman–Crippen LogP) is 3.64. The van der Waals surface area contributed by atoms with Crippen molar-refractivity contribution in [3.8, 4) is 0 Å². The number of nitrogens with zero attached hydrogens (tertiary/aromatic N) is 5. The molecule has 1 aliphatic rings. The first-order valence-electron chi connectivity index (χ1n) is 10.7. The number of anilines is 3. The molecule has 160 valence electrons. The minimum Gasteiger partial charge on any atom is -0.392 e. The van der Waals surface area contributed by atoms with Gasteiger partial charge in [0.1, 0.15) is 16.9 Å². The number of β-amino-alcohol motifs (C(OH)–C–C–N with tert-alkyl or cyclic N) is 1. The molecule has 1 saturated heterocycles. The molecule has 5 rings (SSSR count). The third kappa shape index (κ3) is 4.58. The van der Waals surface area contributed by atoms with Gasteiger partial charge in [0.2, 0.25) is 5.95 Å². The van der Waals surface area contributed by atoms with Crippen LogP contribution in [0.1, 0.15) is 19.3 Å². The number of piperidine rings is 1. The maximum Gasteiger partial charge on any atom is 0.229 e. The predicted molar refractivity (Wildman–Crippen MR) is 125 cm³/mol. The zero-order valence-corrected chi connectivity index (χ0v) is 18.0. The highest BCUT2D eigenvalue weighted by molar-refractivity contribution is 7.00. The zero-order valence-electron chi connectivity index (χ0n) is 17.2. The number of hydrogen-bond donors (Lipinski definition) is 3. The van der Waals surface area contributed by atoms with E-state index in [2.05, 4.69) is 29.3 Å². The molecule has 0 radical (unpaired) electrons. The lowest BCUT2D eigenvalue weighted by atomic mass is 10.1. The molecule has 2 aromatic carbocycles. The normalized spacial score (nSPS) is 17.3. The number of nitrogens with one attached hydrogen (secondary N) is 2. The molecular weight excluding hydrogens is 410 g/mol. The molecule has 0 bridgehead atoms. The summed E-state index contributed by atoms with van der Waals surface area (Å²) < 4.78 is 8.68. The van der Waals surface area contributed by atoms with Crippen LogP contribution in [0.4, 0.5) is 17.5 Å². The minimum atomic E-state index is -0.182. The van der Waals surface area contributed by atoms with Crippen LogP contribution in [0, 0.1) is 0 Å². The van der Waals surface area contributed by atoms with Gasteiger partial charge in [-0.25, -0.2) is 4.98 Å². The van der Waals surface area contributed by atoms with Gasteiger partial charge in [-0.1, -0.05) is 18.2 Å². The van der Waals surface area contributed by atoms with Crippen molar-refractivity contribution in [2.24, 2.45) is 0 Å². The fraction of sp³-hybridized carbons (Fsp3) is 0.364. The second kappa shape index (κ2) is 9.09.